The second-order valence-corrected chi connectivity index (χ2v) is 3.73. The molecule has 15 heavy (non-hydrogen) atoms. The molecule has 0 spiro atoms. The zero-order valence-corrected chi connectivity index (χ0v) is 9.19. The Morgan fingerprint density at radius 2 is 2.00 bits per heavy atom. The second-order valence-electron chi connectivity index (χ2n) is 2.93. The van der Waals surface area contributed by atoms with Crippen molar-refractivity contribution in [3.63, 3.8) is 0 Å². The topological polar surface area (TPSA) is 23.8 Å². The molecular formula is C10H7BrF3N. The van der Waals surface area contributed by atoms with Crippen LogP contribution in [-0.4, -0.2) is 0 Å². The molecule has 0 aliphatic rings. The average Bonchev–Trinajstić information content (AvgIpc) is 2.14. The quantitative estimate of drug-likeness (QED) is 0.804. The molecule has 0 unspecified atom stereocenters. The first-order chi connectivity index (χ1) is 6.96. The lowest BCUT2D eigenvalue weighted by molar-refractivity contribution is -0.138. The summed E-state index contributed by atoms with van der Waals surface area (Å²) in [4.78, 5) is 0. The van der Waals surface area contributed by atoms with Crippen LogP contribution in [0, 0.1) is 11.3 Å². The Labute approximate surface area is 93.6 Å². The summed E-state index contributed by atoms with van der Waals surface area (Å²) in [5, 5.41) is 8.36. The number of benzene rings is 1. The summed E-state index contributed by atoms with van der Waals surface area (Å²) in [5.41, 5.74) is -0.190. The van der Waals surface area contributed by atoms with E-state index in [1.807, 2.05) is 6.07 Å². The summed E-state index contributed by atoms with van der Waals surface area (Å²) in [6.07, 6.45) is -3.83. The van der Waals surface area contributed by atoms with Crippen molar-refractivity contribution in [2.24, 2.45) is 0 Å². The SMILES string of the molecule is N#CCCc1cccc(C(F)(F)F)c1Br. The number of aryl methyl sites for hydroxylation is 1. The lowest BCUT2D eigenvalue weighted by atomic mass is 10.1. The van der Waals surface area contributed by atoms with Gasteiger partial charge in [-0.2, -0.15) is 18.4 Å². The van der Waals surface area contributed by atoms with Crippen LogP contribution < -0.4 is 0 Å². The highest BCUT2D eigenvalue weighted by atomic mass is 79.9. The molecule has 0 heterocycles. The molecular weight excluding hydrogens is 271 g/mol. The first kappa shape index (κ1) is 12.1. The third-order valence-electron chi connectivity index (χ3n) is 1.89. The van der Waals surface area contributed by atoms with Gasteiger partial charge in [-0.1, -0.05) is 12.1 Å². The van der Waals surface area contributed by atoms with Crippen molar-refractivity contribution >= 4 is 15.9 Å². The number of hydrogen-bond donors (Lipinski definition) is 0. The third-order valence-corrected chi connectivity index (χ3v) is 2.83. The molecule has 0 saturated carbocycles. The summed E-state index contributed by atoms with van der Waals surface area (Å²) in [5.74, 6) is 0. The number of halogens is 4. The molecule has 0 aliphatic carbocycles. The lowest BCUT2D eigenvalue weighted by Gasteiger charge is -2.11. The molecule has 1 aromatic rings. The normalized spacial score (nSPS) is 11.1. The van der Waals surface area contributed by atoms with Crippen LogP contribution in [0.4, 0.5) is 13.2 Å². The van der Waals surface area contributed by atoms with Gasteiger partial charge >= 0.3 is 6.18 Å². The Morgan fingerprint density at radius 3 is 2.53 bits per heavy atom. The highest BCUT2D eigenvalue weighted by Gasteiger charge is 2.33. The molecule has 0 fully saturated rings. The largest absolute Gasteiger partial charge is 0.417 e. The molecule has 1 nitrogen and oxygen atoms in total. The van der Waals surface area contributed by atoms with E-state index in [-0.39, 0.29) is 10.9 Å². The van der Waals surface area contributed by atoms with Crippen LogP contribution in [-0.2, 0) is 12.6 Å². The standard InChI is InChI=1S/C10H7BrF3N/c11-9-7(4-2-6-15)3-1-5-8(9)10(12,13)14/h1,3,5H,2,4H2. The molecule has 80 valence electrons. The van der Waals surface area contributed by atoms with Crippen LogP contribution in [0.3, 0.4) is 0 Å². The first-order valence-electron chi connectivity index (χ1n) is 4.18. The van der Waals surface area contributed by atoms with E-state index in [0.717, 1.165) is 6.07 Å². The van der Waals surface area contributed by atoms with Gasteiger partial charge in [-0.3, -0.25) is 0 Å². The van der Waals surface area contributed by atoms with Gasteiger partial charge in [0.2, 0.25) is 0 Å². The molecule has 0 bridgehead atoms. The van der Waals surface area contributed by atoms with Crippen molar-refractivity contribution in [3.05, 3.63) is 33.8 Å². The van der Waals surface area contributed by atoms with Crippen LogP contribution in [0.15, 0.2) is 22.7 Å². The predicted octanol–water partition coefficient (Wildman–Crippen LogP) is 3.92. The molecule has 5 heteroatoms. The van der Waals surface area contributed by atoms with Crippen molar-refractivity contribution in [3.8, 4) is 6.07 Å². The van der Waals surface area contributed by atoms with E-state index in [2.05, 4.69) is 15.9 Å². The highest BCUT2D eigenvalue weighted by molar-refractivity contribution is 9.10. The molecule has 0 aromatic heterocycles. The maximum atomic E-state index is 12.5. The maximum absolute atomic E-state index is 12.5. The zero-order valence-electron chi connectivity index (χ0n) is 7.61. The minimum Gasteiger partial charge on any atom is -0.198 e. The Hall–Kier alpha value is -1.02. The molecule has 0 amide bonds. The molecule has 1 aromatic carbocycles. The van der Waals surface area contributed by atoms with Gasteiger partial charge in [0.15, 0.2) is 0 Å². The van der Waals surface area contributed by atoms with E-state index in [1.165, 1.54) is 6.07 Å². The smallest absolute Gasteiger partial charge is 0.198 e. The van der Waals surface area contributed by atoms with Crippen LogP contribution >= 0.6 is 15.9 Å². The van der Waals surface area contributed by atoms with Crippen molar-refractivity contribution in [1.29, 1.82) is 5.26 Å². The Kier molecular flexibility index (Phi) is 3.75. The minimum absolute atomic E-state index is 0.0350. The number of alkyl halides is 3. The van der Waals surface area contributed by atoms with Gasteiger partial charge in [-0.25, -0.2) is 0 Å². The van der Waals surface area contributed by atoms with Gasteiger partial charge < -0.3 is 0 Å². The Bertz CT molecular complexity index is 393. The van der Waals surface area contributed by atoms with Gasteiger partial charge in [-0.05, 0) is 34.0 Å². The first-order valence-corrected chi connectivity index (χ1v) is 4.97. The van der Waals surface area contributed by atoms with Crippen LogP contribution in [0.5, 0.6) is 0 Å². The summed E-state index contributed by atoms with van der Waals surface area (Å²) < 4.78 is 37.4. The van der Waals surface area contributed by atoms with Crippen molar-refractivity contribution in [2.45, 2.75) is 19.0 Å². The zero-order chi connectivity index (χ0) is 11.5. The van der Waals surface area contributed by atoms with Gasteiger partial charge in [0.25, 0.3) is 0 Å². The number of hydrogen-bond acceptors (Lipinski definition) is 1. The average molecular weight is 278 g/mol. The minimum atomic E-state index is -4.36. The third kappa shape index (κ3) is 2.96. The predicted molar refractivity (Wildman–Crippen MR) is 53.1 cm³/mol. The number of nitrogens with zero attached hydrogens (tertiary/aromatic N) is 1. The molecule has 0 aliphatic heterocycles. The van der Waals surface area contributed by atoms with E-state index in [0.29, 0.717) is 12.0 Å². The second kappa shape index (κ2) is 4.67. The van der Waals surface area contributed by atoms with Crippen molar-refractivity contribution < 1.29 is 13.2 Å². The Balaban J connectivity index is 3.07. The fraction of sp³-hybridized carbons (Fsp3) is 0.300. The van der Waals surface area contributed by atoms with Gasteiger partial charge in [0.1, 0.15) is 0 Å². The van der Waals surface area contributed by atoms with Gasteiger partial charge in [0, 0.05) is 10.9 Å². The highest BCUT2D eigenvalue weighted by Crippen LogP contribution is 2.36. The summed E-state index contributed by atoms with van der Waals surface area (Å²) >= 11 is 2.92. The number of rotatable bonds is 2. The molecule has 0 saturated heterocycles. The van der Waals surface area contributed by atoms with Gasteiger partial charge in [-0.15, -0.1) is 0 Å². The summed E-state index contributed by atoms with van der Waals surface area (Å²) in [6.45, 7) is 0. The van der Waals surface area contributed by atoms with Crippen LogP contribution in [0.1, 0.15) is 17.5 Å². The fourth-order valence-corrected chi connectivity index (χ4v) is 1.87. The van der Waals surface area contributed by atoms with Crippen LogP contribution in [0.25, 0.3) is 0 Å². The molecule has 0 N–H and O–H groups in total. The summed E-state index contributed by atoms with van der Waals surface area (Å²) in [7, 11) is 0. The fourth-order valence-electron chi connectivity index (χ4n) is 1.18. The van der Waals surface area contributed by atoms with Crippen molar-refractivity contribution in [1.82, 2.24) is 0 Å². The summed E-state index contributed by atoms with van der Waals surface area (Å²) in [6, 6.07) is 5.84. The molecule has 0 radical (unpaired) electrons. The Morgan fingerprint density at radius 1 is 1.33 bits per heavy atom. The van der Waals surface area contributed by atoms with E-state index in [9.17, 15) is 13.2 Å². The van der Waals surface area contributed by atoms with E-state index >= 15 is 0 Å². The maximum Gasteiger partial charge on any atom is 0.417 e. The van der Waals surface area contributed by atoms with Crippen molar-refractivity contribution in [2.75, 3.05) is 0 Å². The lowest BCUT2D eigenvalue weighted by Crippen LogP contribution is -2.07. The van der Waals surface area contributed by atoms with Crippen LogP contribution in [0.2, 0.25) is 0 Å². The van der Waals surface area contributed by atoms with E-state index in [1.54, 1.807) is 6.07 Å². The van der Waals surface area contributed by atoms with E-state index < -0.39 is 11.7 Å². The van der Waals surface area contributed by atoms with Gasteiger partial charge in [0.05, 0.1) is 11.6 Å². The molecule has 1 rings (SSSR count). The number of nitriles is 1. The molecule has 0 atom stereocenters. The van der Waals surface area contributed by atoms with E-state index in [4.69, 9.17) is 5.26 Å². The monoisotopic (exact) mass is 277 g/mol.